The van der Waals surface area contributed by atoms with Gasteiger partial charge in [0.25, 0.3) is 11.8 Å². The first-order valence-corrected chi connectivity index (χ1v) is 8.49. The quantitative estimate of drug-likeness (QED) is 0.877. The van der Waals surface area contributed by atoms with Crippen LogP contribution in [-0.2, 0) is 9.53 Å². The Bertz CT molecular complexity index is 560. The predicted molar refractivity (Wildman–Crippen MR) is 85.4 cm³/mol. The van der Waals surface area contributed by atoms with E-state index >= 15 is 0 Å². The van der Waals surface area contributed by atoms with E-state index in [1.54, 1.807) is 0 Å². The number of rotatable bonds is 3. The van der Waals surface area contributed by atoms with Crippen LogP contribution in [-0.4, -0.2) is 55.6 Å². The first-order valence-electron chi connectivity index (χ1n) is 7.68. The molecular weight excluding hydrogens is 302 g/mol. The number of anilines is 1. The summed E-state index contributed by atoms with van der Waals surface area (Å²) >= 11 is 1.44. The van der Waals surface area contributed by atoms with Crippen LogP contribution in [0.1, 0.15) is 28.1 Å². The Hall–Kier alpha value is -1.44. The van der Waals surface area contributed by atoms with Crippen molar-refractivity contribution in [3.63, 3.8) is 0 Å². The Morgan fingerprint density at radius 2 is 2.18 bits per heavy atom. The molecule has 1 aromatic rings. The van der Waals surface area contributed by atoms with Crippen LogP contribution in [0.15, 0.2) is 6.07 Å². The number of carbonyl (C=O) groups excluding carboxylic acids is 2. The number of aryl methyl sites for hydroxylation is 1. The zero-order valence-electron chi connectivity index (χ0n) is 12.7. The maximum atomic E-state index is 12.7. The molecule has 2 amide bonds. The van der Waals surface area contributed by atoms with Crippen LogP contribution in [0.25, 0.3) is 0 Å². The summed E-state index contributed by atoms with van der Waals surface area (Å²) < 4.78 is 5.40. The number of piperazine rings is 1. The first kappa shape index (κ1) is 15.5. The van der Waals surface area contributed by atoms with Gasteiger partial charge in [0.2, 0.25) is 0 Å². The maximum Gasteiger partial charge on any atom is 0.256 e. The Morgan fingerprint density at radius 1 is 1.41 bits per heavy atom. The fraction of sp³-hybridized carbons (Fsp3) is 0.600. The molecule has 1 aromatic heterocycles. The Kier molecular flexibility index (Phi) is 4.75. The minimum Gasteiger partial charge on any atom is -0.368 e. The summed E-state index contributed by atoms with van der Waals surface area (Å²) in [6, 6.07) is 1.86. The molecule has 120 valence electrons. The molecule has 0 saturated carbocycles. The normalized spacial score (nSPS) is 21.9. The fourth-order valence-corrected chi connectivity index (χ4v) is 3.69. The molecule has 22 heavy (non-hydrogen) atoms. The topological polar surface area (TPSA) is 70.7 Å². The zero-order valence-corrected chi connectivity index (χ0v) is 13.5. The van der Waals surface area contributed by atoms with E-state index in [4.69, 9.17) is 4.74 Å². The van der Waals surface area contributed by atoms with Crippen molar-refractivity contribution in [2.45, 2.75) is 25.9 Å². The van der Waals surface area contributed by atoms with Gasteiger partial charge < -0.3 is 20.3 Å². The molecule has 3 heterocycles. The van der Waals surface area contributed by atoms with E-state index < -0.39 is 0 Å². The fourth-order valence-electron chi connectivity index (χ4n) is 2.78. The van der Waals surface area contributed by atoms with Crippen LogP contribution in [0.3, 0.4) is 0 Å². The van der Waals surface area contributed by atoms with Gasteiger partial charge in [-0.05, 0) is 25.8 Å². The third-order valence-corrected chi connectivity index (χ3v) is 4.91. The van der Waals surface area contributed by atoms with Crippen LogP contribution in [0.5, 0.6) is 0 Å². The third kappa shape index (κ3) is 3.31. The number of nitrogens with one attached hydrogen (secondary N) is 2. The van der Waals surface area contributed by atoms with Crippen LogP contribution >= 0.6 is 11.3 Å². The monoisotopic (exact) mass is 323 g/mol. The molecule has 3 rings (SSSR count). The molecule has 2 N–H and O–H groups in total. The first-order chi connectivity index (χ1) is 10.6. The highest BCUT2D eigenvalue weighted by molar-refractivity contribution is 7.16. The van der Waals surface area contributed by atoms with Gasteiger partial charge in [-0.25, -0.2) is 0 Å². The van der Waals surface area contributed by atoms with Crippen molar-refractivity contribution < 1.29 is 14.3 Å². The number of thiophene rings is 1. The van der Waals surface area contributed by atoms with E-state index in [0.29, 0.717) is 30.3 Å². The highest BCUT2D eigenvalue weighted by Crippen LogP contribution is 2.29. The number of carbonyl (C=O) groups is 2. The van der Waals surface area contributed by atoms with Crippen molar-refractivity contribution in [1.29, 1.82) is 0 Å². The minimum absolute atomic E-state index is 0.00603. The number of hydrogen-bond donors (Lipinski definition) is 2. The second kappa shape index (κ2) is 6.76. The molecule has 7 heteroatoms. The summed E-state index contributed by atoms with van der Waals surface area (Å²) in [6.07, 6.45) is 1.27. The van der Waals surface area contributed by atoms with E-state index in [0.717, 1.165) is 30.8 Å². The minimum atomic E-state index is -0.385. The average molecular weight is 323 g/mol. The molecular formula is C15H21N3O3S. The molecule has 6 nitrogen and oxygen atoms in total. The Labute approximate surface area is 133 Å². The van der Waals surface area contributed by atoms with Gasteiger partial charge in [0.05, 0.1) is 5.56 Å². The lowest BCUT2D eigenvalue weighted by molar-refractivity contribution is -0.124. The molecule has 1 unspecified atom stereocenters. The Morgan fingerprint density at radius 3 is 2.86 bits per heavy atom. The van der Waals surface area contributed by atoms with Gasteiger partial charge in [-0.3, -0.25) is 9.59 Å². The largest absolute Gasteiger partial charge is 0.368 e. The van der Waals surface area contributed by atoms with Crippen molar-refractivity contribution in [3.8, 4) is 0 Å². The molecule has 2 aliphatic heterocycles. The molecule has 0 spiro atoms. The second-order valence-corrected chi connectivity index (χ2v) is 6.89. The number of amides is 2. The lowest BCUT2D eigenvalue weighted by Crippen LogP contribution is -2.46. The van der Waals surface area contributed by atoms with E-state index in [9.17, 15) is 9.59 Å². The van der Waals surface area contributed by atoms with Gasteiger partial charge in [0.15, 0.2) is 0 Å². The highest BCUT2D eigenvalue weighted by Gasteiger charge is 2.27. The van der Waals surface area contributed by atoms with Crippen molar-refractivity contribution in [3.05, 3.63) is 16.5 Å². The highest BCUT2D eigenvalue weighted by atomic mass is 32.1. The Balaban J connectivity index is 1.74. The van der Waals surface area contributed by atoms with Crippen LogP contribution in [0, 0.1) is 6.92 Å². The summed E-state index contributed by atoms with van der Waals surface area (Å²) in [7, 11) is 0. The second-order valence-electron chi connectivity index (χ2n) is 5.63. The van der Waals surface area contributed by atoms with Gasteiger partial charge in [0.1, 0.15) is 11.1 Å². The number of hydrogen-bond acceptors (Lipinski definition) is 5. The van der Waals surface area contributed by atoms with E-state index in [1.165, 1.54) is 11.3 Å². The third-order valence-electron chi connectivity index (χ3n) is 3.95. The maximum absolute atomic E-state index is 12.7. The van der Waals surface area contributed by atoms with Gasteiger partial charge in [-0.1, -0.05) is 0 Å². The summed E-state index contributed by atoms with van der Waals surface area (Å²) in [5.74, 6) is -0.151. The summed E-state index contributed by atoms with van der Waals surface area (Å²) in [4.78, 5) is 27.7. The molecule has 0 radical (unpaired) electrons. The molecule has 2 fully saturated rings. The summed E-state index contributed by atoms with van der Waals surface area (Å²) in [5, 5.41) is 6.76. The van der Waals surface area contributed by atoms with Gasteiger partial charge in [0, 0.05) is 37.7 Å². The smallest absolute Gasteiger partial charge is 0.256 e. The summed E-state index contributed by atoms with van der Waals surface area (Å²) in [5.41, 5.74) is 0.593. The SMILES string of the molecule is Cc1cc(C(=O)N2CCNCC2)c(NC(=O)C2CCCO2)s1. The average Bonchev–Trinajstić information content (AvgIpc) is 3.17. The standard InChI is InChI=1S/C15H21N3O3S/c1-10-9-11(15(20)18-6-4-16-5-7-18)14(22-10)17-13(19)12-3-2-8-21-12/h9,12,16H,2-8H2,1H3,(H,17,19). The van der Waals surface area contributed by atoms with Gasteiger partial charge in [-0.2, -0.15) is 0 Å². The zero-order chi connectivity index (χ0) is 15.5. The van der Waals surface area contributed by atoms with E-state index in [2.05, 4.69) is 10.6 Å². The van der Waals surface area contributed by atoms with Crippen molar-refractivity contribution in [2.24, 2.45) is 0 Å². The molecule has 0 aromatic carbocycles. The predicted octanol–water partition coefficient (Wildman–Crippen LogP) is 1.22. The van der Waals surface area contributed by atoms with Crippen molar-refractivity contribution >= 4 is 28.2 Å². The number of ether oxygens (including phenoxy) is 1. The molecule has 1 atom stereocenters. The lowest BCUT2D eigenvalue weighted by atomic mass is 10.2. The summed E-state index contributed by atoms with van der Waals surface area (Å²) in [6.45, 7) is 5.60. The van der Waals surface area contributed by atoms with E-state index in [1.807, 2.05) is 17.9 Å². The van der Waals surface area contributed by atoms with Gasteiger partial charge in [-0.15, -0.1) is 11.3 Å². The van der Waals surface area contributed by atoms with Gasteiger partial charge >= 0.3 is 0 Å². The van der Waals surface area contributed by atoms with E-state index in [-0.39, 0.29) is 17.9 Å². The van der Waals surface area contributed by atoms with Crippen LogP contribution < -0.4 is 10.6 Å². The van der Waals surface area contributed by atoms with Crippen molar-refractivity contribution in [1.82, 2.24) is 10.2 Å². The molecule has 2 aliphatic rings. The molecule has 0 aliphatic carbocycles. The molecule has 0 bridgehead atoms. The molecule has 2 saturated heterocycles. The van der Waals surface area contributed by atoms with Crippen LogP contribution in [0.2, 0.25) is 0 Å². The van der Waals surface area contributed by atoms with Crippen LogP contribution in [0.4, 0.5) is 5.00 Å². The number of nitrogens with zero attached hydrogens (tertiary/aromatic N) is 1. The van der Waals surface area contributed by atoms with Crippen molar-refractivity contribution in [2.75, 3.05) is 38.1 Å². The lowest BCUT2D eigenvalue weighted by Gasteiger charge is -2.27.